The van der Waals surface area contributed by atoms with E-state index in [9.17, 15) is 9.59 Å². The fourth-order valence-corrected chi connectivity index (χ4v) is 12.8. The number of hydrogen-bond donors (Lipinski definition) is 0. The van der Waals surface area contributed by atoms with Gasteiger partial charge in [-0.25, -0.2) is 0 Å². The summed E-state index contributed by atoms with van der Waals surface area (Å²) in [6.07, 6.45) is 56.3. The minimum Gasteiger partial charge on any atom is -0.308 e. The van der Waals surface area contributed by atoms with Crippen LogP contribution in [0.2, 0.25) is 0 Å². The zero-order valence-electron chi connectivity index (χ0n) is 47.2. The van der Waals surface area contributed by atoms with E-state index in [-0.39, 0.29) is 11.8 Å². The van der Waals surface area contributed by atoms with Crippen LogP contribution < -0.4 is 9.80 Å². The van der Waals surface area contributed by atoms with Gasteiger partial charge >= 0.3 is 0 Å². The van der Waals surface area contributed by atoms with E-state index in [0.717, 1.165) is 69.0 Å². The van der Waals surface area contributed by atoms with Crippen molar-refractivity contribution in [3.63, 3.8) is 0 Å². The van der Waals surface area contributed by atoms with Gasteiger partial charge in [0.05, 0.1) is 22.5 Å². The van der Waals surface area contributed by atoms with E-state index in [0.29, 0.717) is 24.2 Å². The Hall–Kier alpha value is -1.92. The predicted molar refractivity (Wildman–Crippen MR) is 323 cm³/mol. The molecule has 2 aliphatic rings. The molecule has 0 radical (unpaired) electrons. The van der Waals surface area contributed by atoms with Gasteiger partial charge in [-0.1, -0.05) is 329 Å². The number of benzene rings is 2. The summed E-state index contributed by atoms with van der Waals surface area (Å²) < 4.78 is 1.93. The average Bonchev–Trinajstić information content (AvgIpc) is 3.79. The Morgan fingerprint density at radius 1 is 0.333 bits per heavy atom. The van der Waals surface area contributed by atoms with Crippen molar-refractivity contribution in [3.05, 3.63) is 56.5 Å². The molecule has 4 rings (SSSR count). The van der Waals surface area contributed by atoms with E-state index in [1.165, 1.54) is 244 Å². The van der Waals surface area contributed by atoms with Gasteiger partial charge in [-0.05, 0) is 48.9 Å². The molecule has 2 aliphatic heterocycles. The van der Waals surface area contributed by atoms with E-state index in [4.69, 9.17) is 0 Å². The van der Waals surface area contributed by atoms with Gasteiger partial charge in [0.1, 0.15) is 0 Å². The monoisotopic (exact) mass is 1120 g/mol. The van der Waals surface area contributed by atoms with Crippen molar-refractivity contribution in [1.82, 2.24) is 0 Å². The second kappa shape index (κ2) is 39.5. The lowest BCUT2D eigenvalue weighted by molar-refractivity contribution is -0.114. The van der Waals surface area contributed by atoms with Crippen LogP contribution in [0.1, 0.15) is 308 Å². The SMILES string of the molecule is CCCCCCCCCCC(CCCCCCCCCC)CCCCN1C(=O)C(=C2C(=O)N(CCCCC(CCCCCCCCCC)CCCCCCCCCC)c3cc(Br)ccc32)c2ccc(Br)cc21. The highest BCUT2D eigenvalue weighted by Gasteiger charge is 2.42. The van der Waals surface area contributed by atoms with Gasteiger partial charge < -0.3 is 9.80 Å². The molecule has 0 spiro atoms. The maximum absolute atomic E-state index is 14.9. The first kappa shape index (κ1) is 62.6. The molecular formula is C66H108Br2N2O2. The number of carbonyl (C=O) groups is 2. The summed E-state index contributed by atoms with van der Waals surface area (Å²) in [7, 11) is 0. The number of rotatable bonds is 46. The summed E-state index contributed by atoms with van der Waals surface area (Å²) in [6.45, 7) is 10.6. The fraction of sp³-hybridized carbons (Fsp3) is 0.758. The molecule has 6 heteroatoms. The normalized spacial score (nSPS) is 14.6. The molecule has 2 amide bonds. The first-order valence-electron chi connectivity index (χ1n) is 31.3. The second-order valence-corrected chi connectivity index (χ2v) is 24.6. The van der Waals surface area contributed by atoms with Crippen molar-refractivity contribution in [2.45, 2.75) is 297 Å². The highest BCUT2D eigenvalue weighted by molar-refractivity contribution is 9.10. The fourth-order valence-electron chi connectivity index (χ4n) is 12.1. The first-order valence-corrected chi connectivity index (χ1v) is 32.9. The Kier molecular flexibility index (Phi) is 34.3. The van der Waals surface area contributed by atoms with E-state index in [1.54, 1.807) is 0 Å². The molecule has 2 aromatic carbocycles. The number of hydrogen-bond acceptors (Lipinski definition) is 2. The van der Waals surface area contributed by atoms with E-state index < -0.39 is 0 Å². The molecule has 408 valence electrons. The topological polar surface area (TPSA) is 40.6 Å². The minimum atomic E-state index is -0.0126. The standard InChI is InChI=1S/C66H108Br2N2O2/c1-5-9-13-17-21-25-29-33-41-55(42-34-30-26-22-18-14-10-6-2)45-37-39-51-69-61-53-57(67)47-49-59(61)63(65(69)71)64-60-50-48-58(68)54-62(60)70(66(64)72)52-40-38-46-56(43-35-31-27-23-19-15-11-7-3)44-36-32-28-24-20-16-12-8-4/h47-50,53-56H,5-46,51-52H2,1-4H3. The lowest BCUT2D eigenvalue weighted by Crippen LogP contribution is -2.30. The summed E-state index contributed by atoms with van der Waals surface area (Å²) >= 11 is 7.49. The van der Waals surface area contributed by atoms with Crippen LogP contribution in [0.5, 0.6) is 0 Å². The lowest BCUT2D eigenvalue weighted by Gasteiger charge is -2.20. The number of fused-ring (bicyclic) bond motifs is 2. The van der Waals surface area contributed by atoms with Crippen LogP contribution in [-0.2, 0) is 9.59 Å². The second-order valence-electron chi connectivity index (χ2n) is 22.8. The smallest absolute Gasteiger partial charge is 0.259 e. The molecule has 2 aromatic rings. The Bertz CT molecular complexity index is 1620. The molecule has 0 unspecified atom stereocenters. The van der Waals surface area contributed by atoms with Gasteiger partial charge in [-0.15, -0.1) is 0 Å². The summed E-state index contributed by atoms with van der Waals surface area (Å²) in [5.41, 5.74) is 4.85. The molecule has 0 atom stereocenters. The van der Waals surface area contributed by atoms with Gasteiger partial charge in [0.2, 0.25) is 0 Å². The molecule has 72 heavy (non-hydrogen) atoms. The number of nitrogens with zero attached hydrogens (tertiary/aromatic N) is 2. The van der Waals surface area contributed by atoms with Crippen molar-refractivity contribution in [3.8, 4) is 0 Å². The van der Waals surface area contributed by atoms with Crippen molar-refractivity contribution in [2.24, 2.45) is 11.8 Å². The Morgan fingerprint density at radius 2 is 0.569 bits per heavy atom. The molecule has 2 heterocycles. The number of halogens is 2. The molecule has 0 bridgehead atoms. The number of amides is 2. The largest absolute Gasteiger partial charge is 0.308 e. The van der Waals surface area contributed by atoms with Gasteiger partial charge in [-0.3, -0.25) is 9.59 Å². The van der Waals surface area contributed by atoms with Crippen LogP contribution >= 0.6 is 31.9 Å². The van der Waals surface area contributed by atoms with Crippen molar-refractivity contribution >= 4 is 66.2 Å². The van der Waals surface area contributed by atoms with Gasteiger partial charge in [0.15, 0.2) is 0 Å². The van der Waals surface area contributed by atoms with Crippen LogP contribution in [0.15, 0.2) is 45.3 Å². The van der Waals surface area contributed by atoms with Crippen LogP contribution in [0.4, 0.5) is 11.4 Å². The highest BCUT2D eigenvalue weighted by Crippen LogP contribution is 2.48. The molecule has 0 fully saturated rings. The van der Waals surface area contributed by atoms with E-state index in [2.05, 4.69) is 83.8 Å². The van der Waals surface area contributed by atoms with Gasteiger partial charge in [0, 0.05) is 33.2 Å². The third-order valence-corrected chi connectivity index (χ3v) is 17.5. The van der Waals surface area contributed by atoms with Crippen LogP contribution in [-0.4, -0.2) is 24.9 Å². The molecule has 0 saturated carbocycles. The maximum atomic E-state index is 14.9. The predicted octanol–water partition coefficient (Wildman–Crippen LogP) is 22.5. The third-order valence-electron chi connectivity index (χ3n) is 16.6. The van der Waals surface area contributed by atoms with E-state index >= 15 is 0 Å². The summed E-state index contributed by atoms with van der Waals surface area (Å²) in [5.74, 6) is 1.54. The summed E-state index contributed by atoms with van der Waals surface area (Å²) in [4.78, 5) is 33.7. The van der Waals surface area contributed by atoms with E-state index in [1.807, 2.05) is 21.9 Å². The van der Waals surface area contributed by atoms with Gasteiger partial charge in [-0.2, -0.15) is 0 Å². The number of carbonyl (C=O) groups excluding carboxylic acids is 2. The molecule has 0 saturated heterocycles. The summed E-state index contributed by atoms with van der Waals surface area (Å²) in [5, 5.41) is 0. The lowest BCUT2D eigenvalue weighted by atomic mass is 9.89. The molecule has 0 aliphatic carbocycles. The van der Waals surface area contributed by atoms with Crippen molar-refractivity contribution in [1.29, 1.82) is 0 Å². The molecular weight excluding hydrogens is 1010 g/mol. The maximum Gasteiger partial charge on any atom is 0.259 e. The molecule has 0 aromatic heterocycles. The minimum absolute atomic E-state index is 0.0126. The summed E-state index contributed by atoms with van der Waals surface area (Å²) in [6, 6.07) is 12.4. The Balaban J connectivity index is 1.38. The van der Waals surface area contributed by atoms with Gasteiger partial charge in [0.25, 0.3) is 11.8 Å². The van der Waals surface area contributed by atoms with Crippen molar-refractivity contribution < 1.29 is 9.59 Å². The Morgan fingerprint density at radius 3 is 0.833 bits per heavy atom. The third kappa shape index (κ3) is 23.5. The number of anilines is 2. The Labute approximate surface area is 461 Å². The van der Waals surface area contributed by atoms with Crippen LogP contribution in [0, 0.1) is 11.8 Å². The zero-order valence-corrected chi connectivity index (χ0v) is 50.4. The first-order chi connectivity index (χ1) is 35.3. The molecule has 4 nitrogen and oxygen atoms in total. The quantitative estimate of drug-likeness (QED) is 0.0490. The molecule has 0 N–H and O–H groups in total. The highest BCUT2D eigenvalue weighted by atomic mass is 79.9. The van der Waals surface area contributed by atoms with Crippen LogP contribution in [0.3, 0.4) is 0 Å². The zero-order chi connectivity index (χ0) is 51.4. The van der Waals surface area contributed by atoms with Crippen molar-refractivity contribution in [2.75, 3.05) is 22.9 Å². The average molecular weight is 1120 g/mol. The van der Waals surface area contributed by atoms with Crippen LogP contribution in [0.25, 0.3) is 11.1 Å². The number of unbranched alkanes of at least 4 members (excludes halogenated alkanes) is 30.